The summed E-state index contributed by atoms with van der Waals surface area (Å²) >= 11 is 0. The average molecular weight is 290 g/mol. The number of hydrogen-bond acceptors (Lipinski definition) is 2. The maximum absolute atomic E-state index is 12.4. The number of benzene rings is 2. The van der Waals surface area contributed by atoms with Gasteiger partial charge in [0.1, 0.15) is 0 Å². The fourth-order valence-electron chi connectivity index (χ4n) is 2.62. The van der Waals surface area contributed by atoms with Gasteiger partial charge in [-0.1, -0.05) is 42.5 Å². The zero-order valence-corrected chi connectivity index (χ0v) is 12.8. The molecule has 1 aromatic heterocycles. The molecule has 0 aliphatic heterocycles. The van der Waals surface area contributed by atoms with Crippen molar-refractivity contribution in [3.05, 3.63) is 65.7 Å². The zero-order chi connectivity index (χ0) is 15.5. The van der Waals surface area contributed by atoms with Crippen LogP contribution >= 0.6 is 0 Å². The van der Waals surface area contributed by atoms with Gasteiger partial charge in [0, 0.05) is 17.5 Å². The van der Waals surface area contributed by atoms with Crippen molar-refractivity contribution in [2.45, 2.75) is 13.8 Å². The lowest BCUT2D eigenvalue weighted by Crippen LogP contribution is -2.23. The zero-order valence-electron chi connectivity index (χ0n) is 12.8. The van der Waals surface area contributed by atoms with Crippen LogP contribution < -0.4 is 5.32 Å². The van der Waals surface area contributed by atoms with E-state index < -0.39 is 0 Å². The van der Waals surface area contributed by atoms with Gasteiger partial charge in [0.15, 0.2) is 0 Å². The van der Waals surface area contributed by atoms with Gasteiger partial charge in [-0.2, -0.15) is 0 Å². The second-order valence-corrected chi connectivity index (χ2v) is 5.25. The molecular weight excluding hydrogens is 272 g/mol. The first kappa shape index (κ1) is 14.3. The lowest BCUT2D eigenvalue weighted by Gasteiger charge is -2.11. The molecule has 2 aromatic carbocycles. The number of carbonyl (C=O) groups is 1. The molecule has 0 aliphatic rings. The maximum Gasteiger partial charge on any atom is 0.252 e. The Morgan fingerprint density at radius 1 is 1.09 bits per heavy atom. The molecular formula is C19H18N2O. The van der Waals surface area contributed by atoms with Gasteiger partial charge in [-0.3, -0.25) is 4.79 Å². The molecule has 1 amide bonds. The molecule has 0 spiro atoms. The number of nitrogens with one attached hydrogen (secondary N) is 1. The topological polar surface area (TPSA) is 42.0 Å². The van der Waals surface area contributed by atoms with Crippen LogP contribution in [0.2, 0.25) is 0 Å². The van der Waals surface area contributed by atoms with Crippen LogP contribution in [0.25, 0.3) is 22.2 Å². The van der Waals surface area contributed by atoms with Gasteiger partial charge in [-0.05, 0) is 31.5 Å². The molecule has 1 N–H and O–H groups in total. The van der Waals surface area contributed by atoms with E-state index in [9.17, 15) is 4.79 Å². The van der Waals surface area contributed by atoms with Gasteiger partial charge in [0.05, 0.1) is 16.8 Å². The Kier molecular flexibility index (Phi) is 3.88. The van der Waals surface area contributed by atoms with Gasteiger partial charge in [0.25, 0.3) is 5.91 Å². The first-order valence-corrected chi connectivity index (χ1v) is 7.44. The van der Waals surface area contributed by atoms with Crippen molar-refractivity contribution in [1.29, 1.82) is 0 Å². The SMILES string of the molecule is CCNC(=O)c1cc(-c2ccccc2C)nc2ccccc12. The van der Waals surface area contributed by atoms with Crippen LogP contribution in [0.4, 0.5) is 0 Å². The number of nitrogens with zero attached hydrogens (tertiary/aromatic N) is 1. The standard InChI is InChI=1S/C19H18N2O/c1-3-20-19(22)16-12-18(14-9-5-4-8-13(14)2)21-17-11-7-6-10-15(16)17/h4-12H,3H2,1-2H3,(H,20,22). The number of rotatable bonds is 3. The second kappa shape index (κ2) is 5.98. The van der Waals surface area contributed by atoms with E-state index in [-0.39, 0.29) is 5.91 Å². The summed E-state index contributed by atoms with van der Waals surface area (Å²) < 4.78 is 0. The Balaban J connectivity index is 2.25. The van der Waals surface area contributed by atoms with Crippen LogP contribution in [0.5, 0.6) is 0 Å². The summed E-state index contributed by atoms with van der Waals surface area (Å²) in [5, 5.41) is 3.76. The second-order valence-electron chi connectivity index (χ2n) is 5.25. The number of fused-ring (bicyclic) bond motifs is 1. The molecule has 0 aliphatic carbocycles. The molecule has 1 heterocycles. The molecule has 110 valence electrons. The molecule has 22 heavy (non-hydrogen) atoms. The van der Waals surface area contributed by atoms with Crippen LogP contribution in [-0.2, 0) is 0 Å². The molecule has 3 nitrogen and oxygen atoms in total. The normalized spacial score (nSPS) is 10.6. The highest BCUT2D eigenvalue weighted by Gasteiger charge is 2.13. The number of hydrogen-bond donors (Lipinski definition) is 1. The van der Waals surface area contributed by atoms with Gasteiger partial charge in [-0.15, -0.1) is 0 Å². The van der Waals surface area contributed by atoms with Gasteiger partial charge in [-0.25, -0.2) is 4.98 Å². The maximum atomic E-state index is 12.4. The summed E-state index contributed by atoms with van der Waals surface area (Å²) in [5.74, 6) is -0.0593. The molecule has 3 heteroatoms. The summed E-state index contributed by atoms with van der Waals surface area (Å²) in [4.78, 5) is 17.1. The minimum atomic E-state index is -0.0593. The van der Waals surface area contributed by atoms with Crippen molar-refractivity contribution in [3.8, 4) is 11.3 Å². The highest BCUT2D eigenvalue weighted by molar-refractivity contribution is 6.07. The van der Waals surface area contributed by atoms with E-state index in [1.165, 1.54) is 0 Å². The minimum Gasteiger partial charge on any atom is -0.352 e. The Morgan fingerprint density at radius 3 is 2.59 bits per heavy atom. The number of pyridine rings is 1. The third kappa shape index (κ3) is 2.58. The molecule has 0 bridgehead atoms. The predicted molar refractivity (Wildman–Crippen MR) is 89.9 cm³/mol. The number of aromatic nitrogens is 1. The molecule has 0 saturated heterocycles. The van der Waals surface area contributed by atoms with Gasteiger partial charge in [0.2, 0.25) is 0 Å². The van der Waals surface area contributed by atoms with E-state index >= 15 is 0 Å². The van der Waals surface area contributed by atoms with E-state index in [0.29, 0.717) is 12.1 Å². The molecule has 0 fully saturated rings. The number of carbonyl (C=O) groups excluding carboxylic acids is 1. The molecule has 0 unspecified atom stereocenters. The van der Waals surface area contributed by atoms with Crippen LogP contribution in [0.1, 0.15) is 22.8 Å². The third-order valence-electron chi connectivity index (χ3n) is 3.72. The summed E-state index contributed by atoms with van der Waals surface area (Å²) in [6.45, 7) is 4.58. The molecule has 0 atom stereocenters. The number of amides is 1. The Bertz CT molecular complexity index is 840. The Morgan fingerprint density at radius 2 is 1.82 bits per heavy atom. The minimum absolute atomic E-state index is 0.0593. The summed E-state index contributed by atoms with van der Waals surface area (Å²) in [5.41, 5.74) is 4.54. The highest BCUT2D eigenvalue weighted by atomic mass is 16.1. The quantitative estimate of drug-likeness (QED) is 0.793. The lowest BCUT2D eigenvalue weighted by atomic mass is 10.0. The van der Waals surface area contributed by atoms with Gasteiger partial charge < -0.3 is 5.32 Å². The van der Waals surface area contributed by atoms with Crippen LogP contribution in [0.3, 0.4) is 0 Å². The van der Waals surface area contributed by atoms with E-state index in [0.717, 1.165) is 27.7 Å². The van der Waals surface area contributed by atoms with E-state index in [1.807, 2.05) is 55.5 Å². The van der Waals surface area contributed by atoms with Crippen LogP contribution in [0.15, 0.2) is 54.6 Å². The van der Waals surface area contributed by atoms with Gasteiger partial charge >= 0.3 is 0 Å². The van der Waals surface area contributed by atoms with Crippen molar-refractivity contribution in [3.63, 3.8) is 0 Å². The molecule has 3 rings (SSSR count). The monoisotopic (exact) mass is 290 g/mol. The highest BCUT2D eigenvalue weighted by Crippen LogP contribution is 2.26. The largest absolute Gasteiger partial charge is 0.352 e. The fraction of sp³-hybridized carbons (Fsp3) is 0.158. The third-order valence-corrected chi connectivity index (χ3v) is 3.72. The van der Waals surface area contributed by atoms with Crippen LogP contribution in [0, 0.1) is 6.92 Å². The number of para-hydroxylation sites is 1. The first-order chi connectivity index (χ1) is 10.7. The van der Waals surface area contributed by atoms with Crippen LogP contribution in [-0.4, -0.2) is 17.4 Å². The average Bonchev–Trinajstić information content (AvgIpc) is 2.54. The Labute approximate surface area is 130 Å². The molecule has 3 aromatic rings. The lowest BCUT2D eigenvalue weighted by molar-refractivity contribution is 0.0957. The Hall–Kier alpha value is -2.68. The van der Waals surface area contributed by atoms with Crippen molar-refractivity contribution >= 4 is 16.8 Å². The number of aryl methyl sites for hydroxylation is 1. The fourth-order valence-corrected chi connectivity index (χ4v) is 2.62. The van der Waals surface area contributed by atoms with Crippen molar-refractivity contribution in [2.75, 3.05) is 6.54 Å². The predicted octanol–water partition coefficient (Wildman–Crippen LogP) is 3.96. The van der Waals surface area contributed by atoms with E-state index in [1.54, 1.807) is 0 Å². The van der Waals surface area contributed by atoms with E-state index in [2.05, 4.69) is 18.3 Å². The van der Waals surface area contributed by atoms with Crippen molar-refractivity contribution in [2.24, 2.45) is 0 Å². The van der Waals surface area contributed by atoms with Crippen molar-refractivity contribution < 1.29 is 4.79 Å². The molecule has 0 radical (unpaired) electrons. The first-order valence-electron chi connectivity index (χ1n) is 7.44. The van der Waals surface area contributed by atoms with Crippen molar-refractivity contribution in [1.82, 2.24) is 10.3 Å². The smallest absolute Gasteiger partial charge is 0.252 e. The molecule has 0 saturated carbocycles. The summed E-state index contributed by atoms with van der Waals surface area (Å²) in [6, 6.07) is 17.7. The summed E-state index contributed by atoms with van der Waals surface area (Å²) in [6.07, 6.45) is 0. The summed E-state index contributed by atoms with van der Waals surface area (Å²) in [7, 11) is 0. The van der Waals surface area contributed by atoms with E-state index in [4.69, 9.17) is 4.98 Å².